The summed E-state index contributed by atoms with van der Waals surface area (Å²) in [5.74, 6) is 0. The minimum Gasteiger partial charge on any atom is -0.397 e. The highest BCUT2D eigenvalue weighted by molar-refractivity contribution is 9.10. The normalized spacial score (nSPS) is 12.2. The molecule has 0 heterocycles. The zero-order valence-corrected chi connectivity index (χ0v) is 13.4. The van der Waals surface area contributed by atoms with Crippen LogP contribution in [0.4, 0.5) is 11.4 Å². The Morgan fingerprint density at radius 2 is 1.89 bits per heavy atom. The van der Waals surface area contributed by atoms with Gasteiger partial charge in [-0.2, -0.15) is 0 Å². The second-order valence-electron chi connectivity index (χ2n) is 4.26. The third-order valence-corrected chi connectivity index (χ3v) is 3.87. The highest BCUT2D eigenvalue weighted by atomic mass is 79.9. The van der Waals surface area contributed by atoms with Crippen LogP contribution in [0.25, 0.3) is 0 Å². The molecular weight excluding hydrogens is 347 g/mol. The van der Waals surface area contributed by atoms with E-state index in [2.05, 4.69) is 21.2 Å². The highest BCUT2D eigenvalue weighted by Gasteiger charge is 2.11. The maximum atomic E-state index is 6.19. The van der Waals surface area contributed by atoms with E-state index in [1.165, 1.54) is 0 Å². The van der Waals surface area contributed by atoms with Crippen LogP contribution >= 0.6 is 39.1 Å². The molecule has 0 saturated carbocycles. The van der Waals surface area contributed by atoms with Crippen molar-refractivity contribution < 1.29 is 0 Å². The summed E-state index contributed by atoms with van der Waals surface area (Å²) in [6.07, 6.45) is 0. The lowest BCUT2D eigenvalue weighted by Gasteiger charge is -2.18. The third kappa shape index (κ3) is 3.56. The van der Waals surface area contributed by atoms with E-state index in [0.29, 0.717) is 15.7 Å². The monoisotopic (exact) mass is 358 g/mol. The van der Waals surface area contributed by atoms with Crippen LogP contribution in [0, 0.1) is 0 Å². The van der Waals surface area contributed by atoms with Gasteiger partial charge in [-0.05, 0) is 42.8 Å². The molecule has 0 saturated heterocycles. The van der Waals surface area contributed by atoms with E-state index in [1.54, 1.807) is 6.07 Å². The predicted octanol–water partition coefficient (Wildman–Crippen LogP) is 5.51. The van der Waals surface area contributed by atoms with E-state index in [0.717, 1.165) is 15.7 Å². The van der Waals surface area contributed by atoms with Gasteiger partial charge in [0.1, 0.15) is 0 Å². The van der Waals surface area contributed by atoms with Crippen molar-refractivity contribution in [2.24, 2.45) is 0 Å². The van der Waals surface area contributed by atoms with Crippen molar-refractivity contribution in [3.8, 4) is 0 Å². The van der Waals surface area contributed by atoms with Crippen molar-refractivity contribution in [3.05, 3.63) is 56.5 Å². The van der Waals surface area contributed by atoms with Crippen LogP contribution in [-0.2, 0) is 0 Å². The van der Waals surface area contributed by atoms with Gasteiger partial charge >= 0.3 is 0 Å². The summed E-state index contributed by atoms with van der Waals surface area (Å²) in [6, 6.07) is 11.2. The van der Waals surface area contributed by atoms with Gasteiger partial charge in [0, 0.05) is 14.5 Å². The predicted molar refractivity (Wildman–Crippen MR) is 87.1 cm³/mol. The zero-order chi connectivity index (χ0) is 14.0. The minimum atomic E-state index is 0.0354. The highest BCUT2D eigenvalue weighted by Crippen LogP contribution is 2.31. The molecule has 0 aliphatic carbocycles. The Balaban J connectivity index is 2.23. The van der Waals surface area contributed by atoms with Crippen LogP contribution in [0.2, 0.25) is 10.0 Å². The molecule has 2 aromatic rings. The lowest BCUT2D eigenvalue weighted by atomic mass is 10.1. The number of hydrogen-bond donors (Lipinski definition) is 2. The molecular formula is C14H13BrCl2N2. The average molecular weight is 360 g/mol. The number of nitrogens with one attached hydrogen (secondary N) is 1. The number of benzene rings is 2. The molecule has 0 aromatic heterocycles. The first-order valence-electron chi connectivity index (χ1n) is 5.74. The average Bonchev–Trinajstić information content (AvgIpc) is 2.32. The Morgan fingerprint density at radius 1 is 1.16 bits per heavy atom. The van der Waals surface area contributed by atoms with Gasteiger partial charge in [0.25, 0.3) is 0 Å². The third-order valence-electron chi connectivity index (χ3n) is 2.81. The van der Waals surface area contributed by atoms with Gasteiger partial charge in [-0.1, -0.05) is 45.2 Å². The number of nitrogens with two attached hydrogens (primary N) is 1. The summed E-state index contributed by atoms with van der Waals surface area (Å²) >= 11 is 15.5. The number of anilines is 2. The lowest BCUT2D eigenvalue weighted by molar-refractivity contribution is 0.886. The molecule has 0 amide bonds. The Kier molecular flexibility index (Phi) is 4.61. The maximum absolute atomic E-state index is 6.19. The van der Waals surface area contributed by atoms with E-state index in [9.17, 15) is 0 Å². The molecule has 3 N–H and O–H groups in total. The standard InChI is InChI=1S/C14H13BrCl2N2/c1-8(11-4-3-10(16)7-12(11)17)19-14-5-2-9(15)6-13(14)18/h2-8,19H,18H2,1H3. The molecule has 0 spiro atoms. The molecule has 0 fully saturated rings. The van der Waals surface area contributed by atoms with Crippen LogP contribution in [0.3, 0.4) is 0 Å². The van der Waals surface area contributed by atoms with E-state index < -0.39 is 0 Å². The van der Waals surface area contributed by atoms with E-state index in [4.69, 9.17) is 28.9 Å². The fourth-order valence-corrected chi connectivity index (χ4v) is 2.78. The molecule has 0 aliphatic rings. The van der Waals surface area contributed by atoms with Crippen molar-refractivity contribution >= 4 is 50.5 Å². The minimum absolute atomic E-state index is 0.0354. The molecule has 2 aromatic carbocycles. The van der Waals surface area contributed by atoms with Crippen molar-refractivity contribution in [2.75, 3.05) is 11.1 Å². The van der Waals surface area contributed by atoms with Crippen LogP contribution in [0.1, 0.15) is 18.5 Å². The van der Waals surface area contributed by atoms with Crippen LogP contribution in [0.15, 0.2) is 40.9 Å². The Morgan fingerprint density at radius 3 is 2.53 bits per heavy atom. The molecule has 5 heteroatoms. The second kappa shape index (κ2) is 6.04. The SMILES string of the molecule is CC(Nc1ccc(Br)cc1N)c1ccc(Cl)cc1Cl. The Labute approximate surface area is 131 Å². The summed E-state index contributed by atoms with van der Waals surface area (Å²) in [5.41, 5.74) is 8.51. The maximum Gasteiger partial charge on any atom is 0.0579 e. The fourth-order valence-electron chi connectivity index (χ4n) is 1.83. The first-order valence-corrected chi connectivity index (χ1v) is 7.29. The van der Waals surface area contributed by atoms with Crippen molar-refractivity contribution in [2.45, 2.75) is 13.0 Å². The fraction of sp³-hybridized carbons (Fsp3) is 0.143. The second-order valence-corrected chi connectivity index (χ2v) is 6.02. The first kappa shape index (κ1) is 14.5. The largest absolute Gasteiger partial charge is 0.397 e. The van der Waals surface area contributed by atoms with Crippen molar-refractivity contribution in [1.29, 1.82) is 0 Å². The zero-order valence-electron chi connectivity index (χ0n) is 10.3. The van der Waals surface area contributed by atoms with Crippen molar-refractivity contribution in [1.82, 2.24) is 0 Å². The van der Waals surface area contributed by atoms with Gasteiger partial charge in [-0.15, -0.1) is 0 Å². The molecule has 2 nitrogen and oxygen atoms in total. The van der Waals surface area contributed by atoms with Crippen molar-refractivity contribution in [3.63, 3.8) is 0 Å². The number of rotatable bonds is 3. The topological polar surface area (TPSA) is 38.0 Å². The van der Waals surface area contributed by atoms with E-state index in [1.807, 2.05) is 37.3 Å². The summed E-state index contributed by atoms with van der Waals surface area (Å²) < 4.78 is 0.952. The van der Waals surface area contributed by atoms with Gasteiger partial charge in [0.2, 0.25) is 0 Å². The lowest BCUT2D eigenvalue weighted by Crippen LogP contribution is -2.08. The quantitative estimate of drug-likeness (QED) is 0.709. The molecule has 0 radical (unpaired) electrons. The summed E-state index contributed by atoms with van der Waals surface area (Å²) in [4.78, 5) is 0. The van der Waals surface area contributed by atoms with Crippen LogP contribution in [0.5, 0.6) is 0 Å². The Bertz CT molecular complexity index is 602. The molecule has 1 atom stereocenters. The summed E-state index contributed by atoms with van der Waals surface area (Å²) in [6.45, 7) is 2.02. The van der Waals surface area contributed by atoms with Gasteiger partial charge < -0.3 is 11.1 Å². The number of nitrogen functional groups attached to an aromatic ring is 1. The van der Waals surface area contributed by atoms with Gasteiger partial charge in [0.15, 0.2) is 0 Å². The molecule has 100 valence electrons. The van der Waals surface area contributed by atoms with Gasteiger partial charge in [-0.3, -0.25) is 0 Å². The molecule has 0 aliphatic heterocycles. The van der Waals surface area contributed by atoms with Gasteiger partial charge in [0.05, 0.1) is 17.4 Å². The molecule has 0 bridgehead atoms. The molecule has 19 heavy (non-hydrogen) atoms. The molecule has 1 unspecified atom stereocenters. The Hall–Kier alpha value is -0.900. The summed E-state index contributed by atoms with van der Waals surface area (Å²) in [7, 11) is 0. The van der Waals surface area contributed by atoms with E-state index in [-0.39, 0.29) is 6.04 Å². The first-order chi connectivity index (χ1) is 8.97. The van der Waals surface area contributed by atoms with Gasteiger partial charge in [-0.25, -0.2) is 0 Å². The van der Waals surface area contributed by atoms with Crippen LogP contribution < -0.4 is 11.1 Å². The molecule has 2 rings (SSSR count). The summed E-state index contributed by atoms with van der Waals surface area (Å²) in [5, 5.41) is 4.61. The van der Waals surface area contributed by atoms with E-state index >= 15 is 0 Å². The van der Waals surface area contributed by atoms with Crippen LogP contribution in [-0.4, -0.2) is 0 Å². The smallest absolute Gasteiger partial charge is 0.0579 e. The number of hydrogen-bond acceptors (Lipinski definition) is 2. The number of halogens is 3.